The van der Waals surface area contributed by atoms with E-state index in [0.29, 0.717) is 12.6 Å². The van der Waals surface area contributed by atoms with Gasteiger partial charge in [0.05, 0.1) is 24.3 Å². The molecule has 5 rings (SSSR count). The number of hydrogen-bond acceptors (Lipinski definition) is 5. The Balaban J connectivity index is 1.70. The van der Waals surface area contributed by atoms with Crippen LogP contribution in [-0.2, 0) is 9.53 Å². The molecule has 0 radical (unpaired) electrons. The first-order chi connectivity index (χ1) is 11.3. The molecule has 0 N–H and O–H groups in total. The number of hydrogen-bond donors (Lipinski definition) is 0. The first-order valence-electron chi connectivity index (χ1n) is 7.68. The van der Waals surface area contributed by atoms with Crippen molar-refractivity contribution in [2.24, 2.45) is 10.9 Å². The maximum Gasteiger partial charge on any atom is 0.331 e. The van der Waals surface area contributed by atoms with Crippen molar-refractivity contribution in [1.29, 1.82) is 0 Å². The van der Waals surface area contributed by atoms with Crippen LogP contribution in [0.5, 0.6) is 5.75 Å². The Morgan fingerprint density at radius 2 is 1.83 bits per heavy atom. The maximum atomic E-state index is 12.0. The van der Waals surface area contributed by atoms with Gasteiger partial charge in [0.2, 0.25) is 0 Å². The van der Waals surface area contributed by atoms with Gasteiger partial charge in [0.15, 0.2) is 11.8 Å². The summed E-state index contributed by atoms with van der Waals surface area (Å²) in [6.45, 7) is 0.387. The summed E-state index contributed by atoms with van der Waals surface area (Å²) in [4.78, 5) is 18.7. The molecule has 3 aliphatic heterocycles. The summed E-state index contributed by atoms with van der Waals surface area (Å²) in [6, 6.07) is 18.0. The van der Waals surface area contributed by atoms with Gasteiger partial charge in [0, 0.05) is 0 Å². The number of fused-ring (bicyclic) bond motifs is 4. The molecule has 3 aliphatic rings. The Morgan fingerprint density at radius 3 is 2.70 bits per heavy atom. The van der Waals surface area contributed by atoms with Gasteiger partial charge < -0.3 is 9.47 Å². The zero-order valence-electron chi connectivity index (χ0n) is 12.3. The summed E-state index contributed by atoms with van der Waals surface area (Å²) in [5.74, 6) is 0.506. The molecule has 0 amide bonds. The van der Waals surface area contributed by atoms with Gasteiger partial charge in [-0.15, -0.1) is 0 Å². The number of cyclic esters (lactones) is 1. The SMILES string of the molecule is O=C1OC[C@H]2[C@@H]1N=C1Oc3ccccc3N1[C@@H]2c1ccccc1. The highest BCUT2D eigenvalue weighted by Crippen LogP contribution is 2.47. The molecule has 1 fully saturated rings. The Morgan fingerprint density at radius 1 is 1.04 bits per heavy atom. The average Bonchev–Trinajstić information content (AvgIpc) is 3.15. The second kappa shape index (κ2) is 4.59. The molecule has 0 aromatic heterocycles. The van der Waals surface area contributed by atoms with Gasteiger partial charge in [0.25, 0.3) is 6.02 Å². The van der Waals surface area contributed by atoms with Gasteiger partial charge in [-0.05, 0) is 17.7 Å². The van der Waals surface area contributed by atoms with Crippen molar-refractivity contribution in [3.05, 3.63) is 60.2 Å². The zero-order chi connectivity index (χ0) is 15.4. The first-order valence-corrected chi connectivity index (χ1v) is 7.68. The van der Waals surface area contributed by atoms with Crippen LogP contribution in [0.25, 0.3) is 0 Å². The molecule has 0 aliphatic carbocycles. The number of anilines is 1. The molecule has 3 heterocycles. The van der Waals surface area contributed by atoms with Crippen LogP contribution in [0.15, 0.2) is 59.6 Å². The van der Waals surface area contributed by atoms with E-state index in [1.54, 1.807) is 0 Å². The van der Waals surface area contributed by atoms with Crippen LogP contribution < -0.4 is 9.64 Å². The van der Waals surface area contributed by atoms with E-state index in [9.17, 15) is 4.79 Å². The highest BCUT2D eigenvalue weighted by Gasteiger charge is 2.52. The monoisotopic (exact) mass is 306 g/mol. The summed E-state index contributed by atoms with van der Waals surface area (Å²) >= 11 is 0. The Bertz CT molecular complexity index is 818. The minimum absolute atomic E-state index is 0.0107. The third kappa shape index (κ3) is 1.73. The molecule has 2 aromatic rings. The second-order valence-corrected chi connectivity index (χ2v) is 5.95. The van der Waals surface area contributed by atoms with Crippen LogP contribution in [0.3, 0.4) is 0 Å². The highest BCUT2D eigenvalue weighted by atomic mass is 16.5. The van der Waals surface area contributed by atoms with Crippen molar-refractivity contribution in [3.63, 3.8) is 0 Å². The van der Waals surface area contributed by atoms with Gasteiger partial charge in [0.1, 0.15) is 0 Å². The minimum atomic E-state index is -0.485. The Labute approximate surface area is 133 Å². The molecule has 23 heavy (non-hydrogen) atoms. The normalized spacial score (nSPS) is 27.5. The zero-order valence-corrected chi connectivity index (χ0v) is 12.3. The number of rotatable bonds is 1. The standard InChI is InChI=1S/C18H14N2O3/c21-17-15-12(10-22-17)16(11-6-2-1-3-7-11)20-13-8-4-5-9-14(13)23-18(20)19-15/h1-9,12,15-16H,10H2/t12-,15-,16+/m0/s1. The maximum absolute atomic E-state index is 12.0. The molecule has 2 aromatic carbocycles. The average molecular weight is 306 g/mol. The number of carbonyl (C=O) groups is 1. The molecule has 0 unspecified atom stereocenters. The van der Waals surface area contributed by atoms with Crippen LogP contribution in [-0.4, -0.2) is 24.6 Å². The number of carbonyl (C=O) groups excluding carboxylic acids is 1. The van der Waals surface area contributed by atoms with E-state index in [1.165, 1.54) is 0 Å². The number of ether oxygens (including phenoxy) is 2. The van der Waals surface area contributed by atoms with Gasteiger partial charge >= 0.3 is 5.97 Å². The van der Waals surface area contributed by atoms with E-state index in [2.05, 4.69) is 22.0 Å². The van der Waals surface area contributed by atoms with Crippen molar-refractivity contribution in [2.75, 3.05) is 11.5 Å². The largest absolute Gasteiger partial charge is 0.464 e. The van der Waals surface area contributed by atoms with Gasteiger partial charge in [-0.3, -0.25) is 4.90 Å². The molecular formula is C18H14N2O3. The predicted molar refractivity (Wildman–Crippen MR) is 84.4 cm³/mol. The number of benzene rings is 2. The fraction of sp³-hybridized carbons (Fsp3) is 0.222. The molecule has 5 heteroatoms. The van der Waals surface area contributed by atoms with Gasteiger partial charge in [-0.2, -0.15) is 0 Å². The number of para-hydroxylation sites is 2. The van der Waals surface area contributed by atoms with Gasteiger partial charge in [-0.1, -0.05) is 42.5 Å². The summed E-state index contributed by atoms with van der Waals surface area (Å²) in [5.41, 5.74) is 2.12. The fourth-order valence-corrected chi connectivity index (χ4v) is 3.65. The van der Waals surface area contributed by atoms with E-state index in [0.717, 1.165) is 17.0 Å². The smallest absolute Gasteiger partial charge is 0.331 e. The number of aliphatic imine (C=N–C) groups is 1. The Kier molecular flexibility index (Phi) is 2.53. The molecule has 1 saturated heterocycles. The summed E-state index contributed by atoms with van der Waals surface area (Å²) in [5, 5.41) is 0. The van der Waals surface area contributed by atoms with E-state index < -0.39 is 6.04 Å². The third-order valence-electron chi connectivity index (χ3n) is 4.67. The molecule has 0 spiro atoms. The number of amidine groups is 1. The lowest BCUT2D eigenvalue weighted by atomic mass is 9.86. The minimum Gasteiger partial charge on any atom is -0.464 e. The molecule has 0 bridgehead atoms. The quantitative estimate of drug-likeness (QED) is 0.760. The van der Waals surface area contributed by atoms with Crippen LogP contribution in [0.1, 0.15) is 11.6 Å². The van der Waals surface area contributed by atoms with Crippen LogP contribution in [0.4, 0.5) is 5.69 Å². The molecule has 0 saturated carbocycles. The third-order valence-corrected chi connectivity index (χ3v) is 4.67. The van der Waals surface area contributed by atoms with Crippen LogP contribution >= 0.6 is 0 Å². The summed E-state index contributed by atoms with van der Waals surface area (Å²) in [7, 11) is 0. The molecule has 3 atom stereocenters. The molecular weight excluding hydrogens is 292 g/mol. The topological polar surface area (TPSA) is 51.1 Å². The number of esters is 1. The van der Waals surface area contributed by atoms with Crippen molar-refractivity contribution < 1.29 is 14.3 Å². The van der Waals surface area contributed by atoms with Gasteiger partial charge in [-0.25, -0.2) is 9.79 Å². The van der Waals surface area contributed by atoms with E-state index in [1.807, 2.05) is 42.5 Å². The lowest BCUT2D eigenvalue weighted by Crippen LogP contribution is -2.46. The van der Waals surface area contributed by atoms with E-state index >= 15 is 0 Å². The first kappa shape index (κ1) is 12.7. The number of nitrogens with zero attached hydrogens (tertiary/aromatic N) is 2. The summed E-state index contributed by atoms with van der Waals surface area (Å²) in [6.07, 6.45) is 0. The second-order valence-electron chi connectivity index (χ2n) is 5.95. The summed E-state index contributed by atoms with van der Waals surface area (Å²) < 4.78 is 11.2. The van der Waals surface area contributed by atoms with E-state index in [4.69, 9.17) is 9.47 Å². The van der Waals surface area contributed by atoms with Crippen molar-refractivity contribution in [3.8, 4) is 5.75 Å². The van der Waals surface area contributed by atoms with Crippen LogP contribution in [0.2, 0.25) is 0 Å². The van der Waals surface area contributed by atoms with Crippen molar-refractivity contribution in [1.82, 2.24) is 0 Å². The molecule has 5 nitrogen and oxygen atoms in total. The predicted octanol–water partition coefficient (Wildman–Crippen LogP) is 2.54. The molecule has 114 valence electrons. The van der Waals surface area contributed by atoms with E-state index in [-0.39, 0.29) is 17.9 Å². The Hall–Kier alpha value is -2.82. The fourth-order valence-electron chi connectivity index (χ4n) is 3.65. The van der Waals surface area contributed by atoms with Crippen molar-refractivity contribution in [2.45, 2.75) is 12.1 Å². The lowest BCUT2D eigenvalue weighted by molar-refractivity contribution is -0.138. The highest BCUT2D eigenvalue weighted by molar-refractivity contribution is 6.03. The van der Waals surface area contributed by atoms with Crippen molar-refractivity contribution >= 4 is 17.7 Å². The van der Waals surface area contributed by atoms with Crippen LogP contribution in [0, 0.1) is 5.92 Å². The lowest BCUT2D eigenvalue weighted by Gasteiger charge is -2.36.